The average Bonchev–Trinajstić information content (AvgIpc) is 2.37. The van der Waals surface area contributed by atoms with Crippen LogP contribution in [0.2, 0.25) is 0 Å². The summed E-state index contributed by atoms with van der Waals surface area (Å²) in [4.78, 5) is 12.0. The van der Waals surface area contributed by atoms with Crippen LogP contribution in [0.15, 0.2) is 18.2 Å². The van der Waals surface area contributed by atoms with Crippen molar-refractivity contribution in [3.63, 3.8) is 0 Å². The van der Waals surface area contributed by atoms with E-state index in [4.69, 9.17) is 11.6 Å². The van der Waals surface area contributed by atoms with Crippen LogP contribution in [0.1, 0.15) is 41.3 Å². The molecule has 0 saturated carbocycles. The predicted octanol–water partition coefficient (Wildman–Crippen LogP) is 3.69. The number of benzene rings is 1. The van der Waals surface area contributed by atoms with E-state index in [0.717, 1.165) is 29.5 Å². The Hall–Kier alpha value is -1.02. The van der Waals surface area contributed by atoms with Crippen LogP contribution < -0.4 is 5.32 Å². The van der Waals surface area contributed by atoms with Gasteiger partial charge in [0.05, 0.1) is 0 Å². The highest BCUT2D eigenvalue weighted by Gasteiger charge is 2.09. The molecule has 18 heavy (non-hydrogen) atoms. The molecule has 0 aliphatic carbocycles. The number of hydrogen-bond donors (Lipinski definition) is 1. The van der Waals surface area contributed by atoms with E-state index < -0.39 is 0 Å². The molecule has 0 radical (unpaired) electrons. The average molecular weight is 268 g/mol. The van der Waals surface area contributed by atoms with Crippen LogP contribution in [0, 0.1) is 19.8 Å². The highest BCUT2D eigenvalue weighted by molar-refractivity contribution is 6.18. The molecule has 1 amide bonds. The summed E-state index contributed by atoms with van der Waals surface area (Å²) in [5, 5.41) is 2.96. The van der Waals surface area contributed by atoms with Gasteiger partial charge in [-0.05, 0) is 49.8 Å². The standard InChI is InChI=1S/C15H22ClNO/c1-11(10-16)6-5-9-17-15(18)14-8-4-7-12(2)13(14)3/h4,7-8,11H,5-6,9-10H2,1-3H3,(H,17,18). The van der Waals surface area contributed by atoms with Gasteiger partial charge in [0.25, 0.3) is 5.91 Å². The highest BCUT2D eigenvalue weighted by atomic mass is 35.5. The first-order valence-electron chi connectivity index (χ1n) is 6.46. The second-order valence-electron chi connectivity index (χ2n) is 4.91. The molecule has 0 aliphatic heterocycles. The van der Waals surface area contributed by atoms with E-state index >= 15 is 0 Å². The third-order valence-corrected chi connectivity index (χ3v) is 3.80. The Balaban J connectivity index is 2.44. The molecule has 0 saturated heterocycles. The summed E-state index contributed by atoms with van der Waals surface area (Å²) in [6, 6.07) is 5.82. The second-order valence-corrected chi connectivity index (χ2v) is 5.21. The maximum Gasteiger partial charge on any atom is 0.251 e. The lowest BCUT2D eigenvalue weighted by Crippen LogP contribution is -2.25. The number of halogens is 1. The molecule has 1 aromatic carbocycles. The van der Waals surface area contributed by atoms with Gasteiger partial charge in [0, 0.05) is 18.0 Å². The Labute approximate surface area is 115 Å². The van der Waals surface area contributed by atoms with Gasteiger partial charge >= 0.3 is 0 Å². The smallest absolute Gasteiger partial charge is 0.251 e. The van der Waals surface area contributed by atoms with Crippen LogP contribution in [0.3, 0.4) is 0 Å². The number of carbonyl (C=O) groups excluding carboxylic acids is 1. The van der Waals surface area contributed by atoms with Gasteiger partial charge in [-0.2, -0.15) is 0 Å². The van der Waals surface area contributed by atoms with E-state index in [1.165, 1.54) is 0 Å². The van der Waals surface area contributed by atoms with Gasteiger partial charge < -0.3 is 5.32 Å². The van der Waals surface area contributed by atoms with Crippen LogP contribution in [-0.2, 0) is 0 Å². The van der Waals surface area contributed by atoms with Gasteiger partial charge in [0.2, 0.25) is 0 Å². The number of alkyl halides is 1. The minimum atomic E-state index is 0.0229. The molecule has 1 atom stereocenters. The molecule has 1 N–H and O–H groups in total. The fourth-order valence-electron chi connectivity index (χ4n) is 1.82. The van der Waals surface area contributed by atoms with Crippen molar-refractivity contribution in [3.05, 3.63) is 34.9 Å². The quantitative estimate of drug-likeness (QED) is 0.618. The topological polar surface area (TPSA) is 29.1 Å². The Morgan fingerprint density at radius 2 is 2.11 bits per heavy atom. The molecule has 0 aromatic heterocycles. The van der Waals surface area contributed by atoms with Crippen molar-refractivity contribution in [2.45, 2.75) is 33.6 Å². The first-order chi connectivity index (χ1) is 8.56. The summed E-state index contributed by atoms with van der Waals surface area (Å²) in [6.45, 7) is 6.85. The largest absolute Gasteiger partial charge is 0.352 e. The SMILES string of the molecule is Cc1cccc(C(=O)NCCCC(C)CCl)c1C. The fraction of sp³-hybridized carbons (Fsp3) is 0.533. The van der Waals surface area contributed by atoms with Crippen molar-refractivity contribution in [3.8, 4) is 0 Å². The molecule has 1 aromatic rings. The Morgan fingerprint density at radius 1 is 1.39 bits per heavy atom. The molecule has 3 heteroatoms. The highest BCUT2D eigenvalue weighted by Crippen LogP contribution is 2.12. The molecule has 0 spiro atoms. The zero-order valence-corrected chi connectivity index (χ0v) is 12.2. The molecule has 0 aliphatic rings. The lowest BCUT2D eigenvalue weighted by atomic mass is 10.0. The lowest BCUT2D eigenvalue weighted by Gasteiger charge is -2.10. The molecule has 1 unspecified atom stereocenters. The molecule has 0 bridgehead atoms. The third-order valence-electron chi connectivity index (χ3n) is 3.27. The number of rotatable bonds is 6. The lowest BCUT2D eigenvalue weighted by molar-refractivity contribution is 0.0952. The summed E-state index contributed by atoms with van der Waals surface area (Å²) < 4.78 is 0. The second kappa shape index (κ2) is 7.42. The van der Waals surface area contributed by atoms with Crippen molar-refractivity contribution < 1.29 is 4.79 Å². The summed E-state index contributed by atoms with van der Waals surface area (Å²) in [6.07, 6.45) is 2.03. The van der Waals surface area contributed by atoms with Crippen molar-refractivity contribution in [2.24, 2.45) is 5.92 Å². The van der Waals surface area contributed by atoms with Gasteiger partial charge in [0.15, 0.2) is 0 Å². The normalized spacial score (nSPS) is 12.2. The van der Waals surface area contributed by atoms with Crippen LogP contribution in [-0.4, -0.2) is 18.3 Å². The van der Waals surface area contributed by atoms with Crippen LogP contribution in [0.25, 0.3) is 0 Å². The van der Waals surface area contributed by atoms with E-state index in [9.17, 15) is 4.79 Å². The van der Waals surface area contributed by atoms with Crippen LogP contribution >= 0.6 is 11.6 Å². The van der Waals surface area contributed by atoms with Gasteiger partial charge in [-0.25, -0.2) is 0 Å². The zero-order chi connectivity index (χ0) is 13.5. The summed E-state index contributed by atoms with van der Waals surface area (Å²) in [5.74, 6) is 1.23. The van der Waals surface area contributed by atoms with E-state index in [1.807, 2.05) is 32.0 Å². The van der Waals surface area contributed by atoms with Gasteiger partial charge in [-0.1, -0.05) is 19.1 Å². The molecule has 0 fully saturated rings. The molecule has 1 rings (SSSR count). The third kappa shape index (κ3) is 4.34. The number of amides is 1. The molecular weight excluding hydrogens is 246 g/mol. The molecule has 0 heterocycles. The number of carbonyl (C=O) groups is 1. The number of aryl methyl sites for hydroxylation is 1. The fourth-order valence-corrected chi connectivity index (χ4v) is 1.98. The van der Waals surface area contributed by atoms with Gasteiger partial charge in [-0.3, -0.25) is 4.79 Å². The predicted molar refractivity (Wildman–Crippen MR) is 77.4 cm³/mol. The van der Waals surface area contributed by atoms with Crippen LogP contribution in [0.4, 0.5) is 0 Å². The maximum atomic E-state index is 12.0. The van der Waals surface area contributed by atoms with Crippen molar-refractivity contribution in [1.29, 1.82) is 0 Å². The first kappa shape index (κ1) is 15.0. The Morgan fingerprint density at radius 3 is 2.78 bits per heavy atom. The Kier molecular flexibility index (Phi) is 6.20. The number of nitrogens with one attached hydrogen (secondary N) is 1. The zero-order valence-electron chi connectivity index (χ0n) is 11.4. The molecular formula is C15H22ClNO. The van der Waals surface area contributed by atoms with E-state index in [2.05, 4.69) is 12.2 Å². The van der Waals surface area contributed by atoms with Crippen molar-refractivity contribution in [2.75, 3.05) is 12.4 Å². The minimum absolute atomic E-state index is 0.0229. The monoisotopic (exact) mass is 267 g/mol. The maximum absolute atomic E-state index is 12.0. The summed E-state index contributed by atoms with van der Waals surface area (Å²) in [7, 11) is 0. The van der Waals surface area contributed by atoms with E-state index in [0.29, 0.717) is 18.3 Å². The van der Waals surface area contributed by atoms with Gasteiger partial charge in [0.1, 0.15) is 0 Å². The molecule has 100 valence electrons. The van der Waals surface area contributed by atoms with E-state index in [-0.39, 0.29) is 5.91 Å². The summed E-state index contributed by atoms with van der Waals surface area (Å²) >= 11 is 5.74. The Bertz CT molecular complexity index is 403. The number of hydrogen-bond acceptors (Lipinski definition) is 1. The van der Waals surface area contributed by atoms with Crippen molar-refractivity contribution in [1.82, 2.24) is 5.32 Å². The summed E-state index contributed by atoms with van der Waals surface area (Å²) in [5.41, 5.74) is 2.99. The molecule has 2 nitrogen and oxygen atoms in total. The van der Waals surface area contributed by atoms with Crippen molar-refractivity contribution >= 4 is 17.5 Å². The first-order valence-corrected chi connectivity index (χ1v) is 7.00. The van der Waals surface area contributed by atoms with Gasteiger partial charge in [-0.15, -0.1) is 11.6 Å². The minimum Gasteiger partial charge on any atom is -0.352 e. The van der Waals surface area contributed by atoms with E-state index in [1.54, 1.807) is 0 Å². The van der Waals surface area contributed by atoms with Crippen LogP contribution in [0.5, 0.6) is 0 Å².